The molecule has 1 heterocycles. The first kappa shape index (κ1) is 16.3. The average Bonchev–Trinajstić information content (AvgIpc) is 2.47. The minimum absolute atomic E-state index is 0. The molecule has 3 aromatic rings. The Morgan fingerprint density at radius 2 is 1.71 bits per heavy atom. The molecule has 0 saturated heterocycles. The smallest absolute Gasteiger partial charge is 1.00 e. The first-order valence-electron chi connectivity index (χ1n) is 5.90. The zero-order chi connectivity index (χ0) is 14.1. The number of hydrogen-bond acceptors (Lipinski definition) is 2. The number of benzene rings is 2. The van der Waals surface area contributed by atoms with Gasteiger partial charge < -0.3 is 5.98 Å². The topological polar surface area (TPSA) is 50.2 Å². The first-order valence-corrected chi connectivity index (χ1v) is 7.01. The van der Waals surface area contributed by atoms with Gasteiger partial charge in [-0.05, 0) is 35.4 Å². The molecule has 0 aliphatic heterocycles. The summed E-state index contributed by atoms with van der Waals surface area (Å²) in [5.74, 6) is -0.275. The molecule has 0 aliphatic rings. The Labute approximate surface area is 147 Å². The molecule has 21 heavy (non-hydrogen) atoms. The van der Waals surface area contributed by atoms with Crippen LogP contribution in [0.2, 0.25) is 0 Å². The summed E-state index contributed by atoms with van der Waals surface area (Å²) < 4.78 is 32.9. The summed E-state index contributed by atoms with van der Waals surface area (Å²) in [6.07, 6.45) is 1.38. The molecule has 0 spiro atoms. The molecule has 1 unspecified atom stereocenters. The van der Waals surface area contributed by atoms with Crippen LogP contribution >= 0.6 is 0 Å². The SMILES string of the molecule is O=S(O)c1cnc2cc(-c3ccc(F)cc3)ccc2c1.[H-].[Na+]. The zero-order valence-electron chi connectivity index (χ0n) is 12.3. The van der Waals surface area contributed by atoms with Crippen LogP contribution in [-0.2, 0) is 11.1 Å². The molecule has 0 radical (unpaired) electrons. The van der Waals surface area contributed by atoms with Crippen molar-refractivity contribution in [3.8, 4) is 11.1 Å². The number of pyridine rings is 1. The van der Waals surface area contributed by atoms with E-state index in [4.69, 9.17) is 4.55 Å². The molecule has 0 saturated carbocycles. The molecule has 0 aliphatic carbocycles. The van der Waals surface area contributed by atoms with Crippen molar-refractivity contribution >= 4 is 22.0 Å². The third-order valence-electron chi connectivity index (χ3n) is 3.04. The molecule has 2 aromatic carbocycles. The van der Waals surface area contributed by atoms with Crippen LogP contribution in [-0.4, -0.2) is 13.7 Å². The molecular weight excluding hydrogens is 300 g/mol. The maximum absolute atomic E-state index is 12.9. The van der Waals surface area contributed by atoms with Gasteiger partial charge in [0.1, 0.15) is 5.82 Å². The molecule has 0 bridgehead atoms. The van der Waals surface area contributed by atoms with E-state index in [0.717, 1.165) is 22.0 Å². The van der Waals surface area contributed by atoms with Crippen molar-refractivity contribution in [1.82, 2.24) is 4.98 Å². The Morgan fingerprint density at radius 1 is 1.05 bits per heavy atom. The monoisotopic (exact) mass is 311 g/mol. The molecule has 3 nitrogen and oxygen atoms in total. The van der Waals surface area contributed by atoms with Gasteiger partial charge in [-0.3, -0.25) is 4.98 Å². The van der Waals surface area contributed by atoms with E-state index in [2.05, 4.69) is 4.98 Å². The van der Waals surface area contributed by atoms with Gasteiger partial charge in [0.05, 0.1) is 10.4 Å². The third-order valence-corrected chi connectivity index (χ3v) is 3.66. The van der Waals surface area contributed by atoms with Crippen molar-refractivity contribution in [3.05, 3.63) is 60.5 Å². The van der Waals surface area contributed by atoms with Gasteiger partial charge in [-0.1, -0.05) is 24.3 Å². The Bertz CT molecular complexity index is 814. The summed E-state index contributed by atoms with van der Waals surface area (Å²) in [6.45, 7) is 0. The van der Waals surface area contributed by atoms with E-state index in [1.165, 1.54) is 18.3 Å². The van der Waals surface area contributed by atoms with Crippen molar-refractivity contribution in [2.75, 3.05) is 0 Å². The van der Waals surface area contributed by atoms with Crippen LogP contribution in [0.15, 0.2) is 59.6 Å². The van der Waals surface area contributed by atoms with E-state index in [0.29, 0.717) is 0 Å². The summed E-state index contributed by atoms with van der Waals surface area (Å²) in [4.78, 5) is 4.45. The van der Waals surface area contributed by atoms with E-state index in [1.54, 1.807) is 18.2 Å². The number of hydrogen-bond donors (Lipinski definition) is 1. The van der Waals surface area contributed by atoms with Crippen molar-refractivity contribution < 1.29 is 44.1 Å². The molecule has 1 atom stereocenters. The fraction of sp³-hybridized carbons (Fsp3) is 0. The second-order valence-electron chi connectivity index (χ2n) is 4.33. The predicted octanol–water partition coefficient (Wildman–Crippen LogP) is 0.738. The van der Waals surface area contributed by atoms with Crippen LogP contribution in [0.4, 0.5) is 4.39 Å². The molecule has 6 heteroatoms. The summed E-state index contributed by atoms with van der Waals surface area (Å²) in [5, 5.41) is 0.788. The van der Waals surface area contributed by atoms with Crippen LogP contribution in [0.3, 0.4) is 0 Å². The van der Waals surface area contributed by atoms with Gasteiger partial charge in [-0.25, -0.2) is 8.60 Å². The van der Waals surface area contributed by atoms with Gasteiger partial charge in [0, 0.05) is 11.6 Å². The van der Waals surface area contributed by atoms with Gasteiger partial charge in [-0.15, -0.1) is 0 Å². The minimum Gasteiger partial charge on any atom is -1.00 e. The van der Waals surface area contributed by atoms with Gasteiger partial charge in [0.25, 0.3) is 0 Å². The summed E-state index contributed by atoms with van der Waals surface area (Å²) in [7, 11) is 0. The fourth-order valence-electron chi connectivity index (χ4n) is 2.02. The van der Waals surface area contributed by atoms with Gasteiger partial charge in [0.2, 0.25) is 0 Å². The Hall–Kier alpha value is -1.11. The minimum atomic E-state index is -2.03. The molecule has 1 aromatic heterocycles. The van der Waals surface area contributed by atoms with Crippen LogP contribution < -0.4 is 29.6 Å². The second kappa shape index (κ2) is 6.77. The van der Waals surface area contributed by atoms with Crippen LogP contribution in [0.5, 0.6) is 0 Å². The number of nitrogens with zero attached hydrogens (tertiary/aromatic N) is 1. The number of fused-ring (bicyclic) bond motifs is 1. The van der Waals surface area contributed by atoms with Gasteiger partial charge in [-0.2, -0.15) is 0 Å². The first-order chi connectivity index (χ1) is 9.63. The maximum Gasteiger partial charge on any atom is 1.00 e. The Morgan fingerprint density at radius 3 is 2.38 bits per heavy atom. The molecule has 1 N–H and O–H groups in total. The van der Waals surface area contributed by atoms with E-state index in [1.807, 2.05) is 18.2 Å². The number of rotatable bonds is 2. The molecule has 0 amide bonds. The number of aromatic nitrogens is 1. The maximum atomic E-state index is 12.9. The third kappa shape index (κ3) is 3.56. The van der Waals surface area contributed by atoms with Crippen molar-refractivity contribution in [2.45, 2.75) is 4.90 Å². The quantitative estimate of drug-likeness (QED) is 0.561. The van der Waals surface area contributed by atoms with Gasteiger partial charge in [0.15, 0.2) is 11.1 Å². The molecule has 102 valence electrons. The van der Waals surface area contributed by atoms with E-state index >= 15 is 0 Å². The number of halogens is 1. The van der Waals surface area contributed by atoms with Crippen molar-refractivity contribution in [3.63, 3.8) is 0 Å². The summed E-state index contributed by atoms with van der Waals surface area (Å²) in [6, 6.07) is 13.4. The fourth-order valence-corrected chi connectivity index (χ4v) is 2.39. The molecule has 3 rings (SSSR count). The Kier molecular flexibility index (Phi) is 5.24. The second-order valence-corrected chi connectivity index (χ2v) is 5.30. The average molecular weight is 311 g/mol. The van der Waals surface area contributed by atoms with E-state index < -0.39 is 11.1 Å². The van der Waals surface area contributed by atoms with E-state index in [9.17, 15) is 8.60 Å². The van der Waals surface area contributed by atoms with Crippen LogP contribution in [0, 0.1) is 5.82 Å². The largest absolute Gasteiger partial charge is 1.00 e. The molecule has 0 fully saturated rings. The molecular formula is C15H11FNNaO2S. The van der Waals surface area contributed by atoms with Gasteiger partial charge >= 0.3 is 29.6 Å². The van der Waals surface area contributed by atoms with Crippen LogP contribution in [0.1, 0.15) is 1.43 Å². The standard InChI is InChI=1S/C15H10FNO2S.Na.H/c16-13-5-3-10(4-6-13)11-1-2-12-7-14(20(18)19)9-17-15(12)8-11;;/h1-9H,(H,18,19);;/q;+1;-1. The Balaban J connectivity index is 0.00000121. The zero-order valence-corrected chi connectivity index (χ0v) is 14.1. The van der Waals surface area contributed by atoms with Crippen molar-refractivity contribution in [1.29, 1.82) is 0 Å². The van der Waals surface area contributed by atoms with Crippen molar-refractivity contribution in [2.24, 2.45) is 0 Å². The van der Waals surface area contributed by atoms with Crippen LogP contribution in [0.25, 0.3) is 22.0 Å². The van der Waals surface area contributed by atoms with E-state index in [-0.39, 0.29) is 41.7 Å². The normalized spacial score (nSPS) is 11.9. The summed E-state index contributed by atoms with van der Waals surface area (Å²) in [5.41, 5.74) is 2.54. The predicted molar refractivity (Wildman–Crippen MR) is 77.3 cm³/mol. The summed E-state index contributed by atoms with van der Waals surface area (Å²) >= 11 is -2.03.